The molecule has 4 nitrogen and oxygen atoms in total. The number of halogens is 1. The summed E-state index contributed by atoms with van der Waals surface area (Å²) in [5.41, 5.74) is 5.76. The molecule has 0 radical (unpaired) electrons. The van der Waals surface area contributed by atoms with Crippen LogP contribution in [0.5, 0.6) is 11.5 Å². The maximum atomic E-state index is 6.09. The molecule has 0 aromatic heterocycles. The molecule has 1 N–H and O–H groups in total. The Kier molecular flexibility index (Phi) is 6.29. The van der Waals surface area contributed by atoms with Crippen LogP contribution in [0, 0.1) is 6.92 Å². The zero-order valence-corrected chi connectivity index (χ0v) is 14.4. The van der Waals surface area contributed by atoms with Gasteiger partial charge in [-0.15, -0.1) is 0 Å². The van der Waals surface area contributed by atoms with E-state index in [1.807, 2.05) is 57.2 Å². The quantitative estimate of drug-likeness (QED) is 0.579. The van der Waals surface area contributed by atoms with Crippen LogP contribution in [-0.2, 0) is 0 Å². The first-order valence-electron chi connectivity index (χ1n) is 7.59. The van der Waals surface area contributed by atoms with E-state index in [2.05, 4.69) is 10.5 Å². The molecule has 122 valence electrons. The Labute approximate surface area is 142 Å². The molecule has 0 bridgehead atoms. The minimum Gasteiger partial charge on any atom is -0.490 e. The molecular weight excluding hydrogens is 312 g/mol. The molecule has 23 heavy (non-hydrogen) atoms. The highest BCUT2D eigenvalue weighted by atomic mass is 35.5. The maximum absolute atomic E-state index is 6.09. The SMILES string of the molecule is CCOc1ccc(/C=N/Nc2ccc(C)c(Cl)c2)cc1OCC. The molecule has 0 aliphatic carbocycles. The zero-order chi connectivity index (χ0) is 16.7. The van der Waals surface area contributed by atoms with Gasteiger partial charge in [0.15, 0.2) is 11.5 Å². The summed E-state index contributed by atoms with van der Waals surface area (Å²) in [4.78, 5) is 0. The predicted octanol–water partition coefficient (Wildman–Crippen LogP) is 4.89. The molecule has 2 aromatic rings. The van der Waals surface area contributed by atoms with Gasteiger partial charge in [-0.05, 0) is 62.2 Å². The van der Waals surface area contributed by atoms with Gasteiger partial charge in [-0.2, -0.15) is 5.10 Å². The minimum absolute atomic E-state index is 0.584. The number of anilines is 1. The molecule has 0 aliphatic heterocycles. The number of rotatable bonds is 7. The molecule has 0 heterocycles. The number of hydrazone groups is 1. The van der Waals surface area contributed by atoms with Crippen molar-refractivity contribution in [2.75, 3.05) is 18.6 Å². The Balaban J connectivity index is 2.09. The largest absolute Gasteiger partial charge is 0.490 e. The molecule has 0 fully saturated rings. The Hall–Kier alpha value is -2.20. The van der Waals surface area contributed by atoms with Gasteiger partial charge in [0, 0.05) is 5.02 Å². The Morgan fingerprint density at radius 2 is 1.78 bits per heavy atom. The van der Waals surface area contributed by atoms with Crippen LogP contribution in [0.3, 0.4) is 0 Å². The summed E-state index contributed by atoms with van der Waals surface area (Å²) in [5.74, 6) is 1.46. The molecule has 5 heteroatoms. The third-order valence-corrected chi connectivity index (χ3v) is 3.55. The average Bonchev–Trinajstić information content (AvgIpc) is 2.54. The van der Waals surface area contributed by atoms with Gasteiger partial charge in [0.25, 0.3) is 0 Å². The average molecular weight is 333 g/mol. The molecule has 0 atom stereocenters. The van der Waals surface area contributed by atoms with Gasteiger partial charge in [0.2, 0.25) is 0 Å². The summed E-state index contributed by atoms with van der Waals surface area (Å²) >= 11 is 6.09. The van der Waals surface area contributed by atoms with Gasteiger partial charge in [0.1, 0.15) is 0 Å². The summed E-state index contributed by atoms with van der Waals surface area (Å²) in [7, 11) is 0. The van der Waals surface area contributed by atoms with Crippen molar-refractivity contribution in [3.8, 4) is 11.5 Å². The Bertz CT molecular complexity index is 687. The van der Waals surface area contributed by atoms with Crippen molar-refractivity contribution in [3.63, 3.8) is 0 Å². The van der Waals surface area contributed by atoms with Crippen molar-refractivity contribution in [1.82, 2.24) is 0 Å². The number of nitrogens with one attached hydrogen (secondary N) is 1. The lowest BCUT2D eigenvalue weighted by Gasteiger charge is -2.11. The van der Waals surface area contributed by atoms with Gasteiger partial charge in [-0.3, -0.25) is 5.43 Å². The Morgan fingerprint density at radius 1 is 1.04 bits per heavy atom. The molecule has 0 unspecified atom stereocenters. The smallest absolute Gasteiger partial charge is 0.161 e. The third-order valence-electron chi connectivity index (χ3n) is 3.15. The van der Waals surface area contributed by atoms with Crippen LogP contribution in [-0.4, -0.2) is 19.4 Å². The highest BCUT2D eigenvalue weighted by Crippen LogP contribution is 2.28. The van der Waals surface area contributed by atoms with E-state index in [1.165, 1.54) is 0 Å². The van der Waals surface area contributed by atoms with Crippen LogP contribution in [0.4, 0.5) is 5.69 Å². The minimum atomic E-state index is 0.584. The molecule has 2 aromatic carbocycles. The molecule has 0 amide bonds. The van der Waals surface area contributed by atoms with Crippen LogP contribution < -0.4 is 14.9 Å². The van der Waals surface area contributed by atoms with Crippen molar-refractivity contribution < 1.29 is 9.47 Å². The first-order chi connectivity index (χ1) is 11.1. The molecule has 0 saturated carbocycles. The van der Waals surface area contributed by atoms with Gasteiger partial charge in [-0.1, -0.05) is 17.7 Å². The fraction of sp³-hybridized carbons (Fsp3) is 0.278. The van der Waals surface area contributed by atoms with Gasteiger partial charge >= 0.3 is 0 Å². The summed E-state index contributed by atoms with van der Waals surface area (Å²) in [6.45, 7) is 7.04. The van der Waals surface area contributed by atoms with E-state index in [0.29, 0.717) is 18.2 Å². The molecule has 2 rings (SSSR count). The number of hydrogen-bond donors (Lipinski definition) is 1. The first-order valence-corrected chi connectivity index (χ1v) is 7.96. The number of nitrogens with zero attached hydrogens (tertiary/aromatic N) is 1. The second kappa shape index (κ2) is 8.44. The normalized spacial score (nSPS) is 10.8. The fourth-order valence-electron chi connectivity index (χ4n) is 1.99. The third kappa shape index (κ3) is 4.89. The second-order valence-corrected chi connectivity index (χ2v) is 5.31. The van der Waals surface area contributed by atoms with Crippen molar-refractivity contribution in [2.24, 2.45) is 5.10 Å². The van der Waals surface area contributed by atoms with E-state index in [9.17, 15) is 0 Å². The molecule has 0 saturated heterocycles. The van der Waals surface area contributed by atoms with E-state index in [-0.39, 0.29) is 0 Å². The van der Waals surface area contributed by atoms with E-state index >= 15 is 0 Å². The maximum Gasteiger partial charge on any atom is 0.161 e. The summed E-state index contributed by atoms with van der Waals surface area (Å²) < 4.78 is 11.1. The zero-order valence-electron chi connectivity index (χ0n) is 13.6. The van der Waals surface area contributed by atoms with E-state index < -0.39 is 0 Å². The molecule has 0 aliphatic rings. The van der Waals surface area contributed by atoms with E-state index in [4.69, 9.17) is 21.1 Å². The van der Waals surface area contributed by atoms with Crippen LogP contribution in [0.2, 0.25) is 5.02 Å². The fourth-order valence-corrected chi connectivity index (χ4v) is 2.17. The number of aryl methyl sites for hydroxylation is 1. The lowest BCUT2D eigenvalue weighted by atomic mass is 10.2. The predicted molar refractivity (Wildman–Crippen MR) is 96.2 cm³/mol. The highest BCUT2D eigenvalue weighted by Gasteiger charge is 2.05. The standard InChI is InChI=1S/C18H21ClN2O2/c1-4-22-17-9-7-14(10-18(17)23-5-2)12-20-21-15-8-6-13(3)16(19)11-15/h6-12,21H,4-5H2,1-3H3/b20-12+. The van der Waals surface area contributed by atoms with Gasteiger partial charge in [-0.25, -0.2) is 0 Å². The van der Waals surface area contributed by atoms with E-state index in [0.717, 1.165) is 28.3 Å². The van der Waals surface area contributed by atoms with Gasteiger partial charge in [0.05, 0.1) is 25.1 Å². The van der Waals surface area contributed by atoms with E-state index in [1.54, 1.807) is 6.21 Å². The lowest BCUT2D eigenvalue weighted by molar-refractivity contribution is 0.288. The Morgan fingerprint density at radius 3 is 2.48 bits per heavy atom. The monoisotopic (exact) mass is 332 g/mol. The topological polar surface area (TPSA) is 42.8 Å². The number of hydrogen-bond acceptors (Lipinski definition) is 4. The van der Waals surface area contributed by atoms with Crippen LogP contribution in [0.15, 0.2) is 41.5 Å². The second-order valence-electron chi connectivity index (χ2n) is 4.91. The van der Waals surface area contributed by atoms with Crippen molar-refractivity contribution in [3.05, 3.63) is 52.5 Å². The van der Waals surface area contributed by atoms with Crippen LogP contribution in [0.1, 0.15) is 25.0 Å². The van der Waals surface area contributed by atoms with Crippen LogP contribution in [0.25, 0.3) is 0 Å². The summed E-state index contributed by atoms with van der Waals surface area (Å²) in [5, 5.41) is 4.94. The number of ether oxygens (including phenoxy) is 2. The lowest BCUT2D eigenvalue weighted by Crippen LogP contribution is -1.99. The molecular formula is C18H21ClN2O2. The highest BCUT2D eigenvalue weighted by molar-refractivity contribution is 6.31. The van der Waals surface area contributed by atoms with Crippen molar-refractivity contribution >= 4 is 23.5 Å². The molecule has 0 spiro atoms. The van der Waals surface area contributed by atoms with Crippen LogP contribution >= 0.6 is 11.6 Å². The van der Waals surface area contributed by atoms with Crippen molar-refractivity contribution in [1.29, 1.82) is 0 Å². The van der Waals surface area contributed by atoms with Crippen molar-refractivity contribution in [2.45, 2.75) is 20.8 Å². The van der Waals surface area contributed by atoms with Gasteiger partial charge < -0.3 is 9.47 Å². The first kappa shape index (κ1) is 17.2. The number of benzene rings is 2. The summed E-state index contributed by atoms with van der Waals surface area (Å²) in [6, 6.07) is 11.5. The summed E-state index contributed by atoms with van der Waals surface area (Å²) in [6.07, 6.45) is 1.73.